The fourth-order valence-corrected chi connectivity index (χ4v) is 4.41. The summed E-state index contributed by atoms with van der Waals surface area (Å²) in [5.74, 6) is -0.195. The molecule has 0 aliphatic carbocycles. The number of aliphatic hydroxyl groups is 1. The van der Waals surface area contributed by atoms with E-state index >= 15 is 0 Å². The molecule has 1 aliphatic rings. The lowest BCUT2D eigenvalue weighted by molar-refractivity contribution is -0.271. The molecule has 9 heteroatoms. The average Bonchev–Trinajstić information content (AvgIpc) is 3.16. The zero-order valence-electron chi connectivity index (χ0n) is 17.5. The lowest BCUT2D eigenvalue weighted by Gasteiger charge is -2.39. The maximum absolute atomic E-state index is 14.2. The summed E-state index contributed by atoms with van der Waals surface area (Å²) < 4.78 is 63.5. The molecule has 1 aromatic heterocycles. The van der Waals surface area contributed by atoms with E-state index in [9.17, 15) is 27.5 Å². The van der Waals surface area contributed by atoms with Gasteiger partial charge in [0.25, 0.3) is 5.56 Å². The van der Waals surface area contributed by atoms with E-state index in [-0.39, 0.29) is 16.5 Å². The Morgan fingerprint density at radius 2 is 1.91 bits per heavy atom. The van der Waals surface area contributed by atoms with Crippen LogP contribution in [-0.2, 0) is 18.4 Å². The molecule has 0 radical (unpaired) electrons. The lowest BCUT2D eigenvalue weighted by Crippen LogP contribution is -2.52. The molecule has 1 unspecified atom stereocenters. The smallest absolute Gasteiger partial charge is 0.418 e. The van der Waals surface area contributed by atoms with Gasteiger partial charge in [-0.25, -0.2) is 4.39 Å². The SMILES string of the molecule is CC(C)(CC(O)(Cn1cnc(=O)c2ccccc21)C(F)(F)F)c1cc(F)cc2c1OCC2. The first-order valence-electron chi connectivity index (χ1n) is 10.1. The van der Waals surface area contributed by atoms with Crippen LogP contribution in [0.4, 0.5) is 17.6 Å². The van der Waals surface area contributed by atoms with Crippen LogP contribution < -0.4 is 10.3 Å². The molecule has 0 bridgehead atoms. The fourth-order valence-electron chi connectivity index (χ4n) is 4.41. The van der Waals surface area contributed by atoms with Gasteiger partial charge in [0.2, 0.25) is 0 Å². The summed E-state index contributed by atoms with van der Waals surface area (Å²) in [4.78, 5) is 15.6. The van der Waals surface area contributed by atoms with Crippen molar-refractivity contribution in [3.63, 3.8) is 0 Å². The zero-order chi connectivity index (χ0) is 23.3. The van der Waals surface area contributed by atoms with E-state index in [4.69, 9.17) is 4.74 Å². The minimum absolute atomic E-state index is 0.148. The number of para-hydroxylation sites is 1. The number of ether oxygens (including phenoxy) is 1. The standard InChI is InChI=1S/C23H22F4N2O3/c1-21(2,17-10-15(24)9-14-7-8-32-19(14)17)11-22(31,23(25,26)27)12-29-13-28-20(30)16-5-3-4-6-18(16)29/h3-6,9-10,13,31H,7-8,11-12H2,1-2H3. The van der Waals surface area contributed by atoms with Crippen molar-refractivity contribution < 1.29 is 27.4 Å². The van der Waals surface area contributed by atoms with Gasteiger partial charge in [0.05, 0.1) is 30.4 Å². The number of fused-ring (bicyclic) bond motifs is 2. The second kappa shape index (κ2) is 7.58. The van der Waals surface area contributed by atoms with Gasteiger partial charge >= 0.3 is 6.18 Å². The molecule has 0 fully saturated rings. The third-order valence-corrected chi connectivity index (χ3v) is 5.93. The van der Waals surface area contributed by atoms with Crippen molar-refractivity contribution >= 4 is 10.9 Å². The maximum Gasteiger partial charge on any atom is 0.418 e. The Morgan fingerprint density at radius 1 is 1.19 bits per heavy atom. The molecule has 1 atom stereocenters. The highest BCUT2D eigenvalue weighted by Gasteiger charge is 2.56. The van der Waals surface area contributed by atoms with E-state index in [1.165, 1.54) is 32.0 Å². The molecule has 0 saturated carbocycles. The van der Waals surface area contributed by atoms with Gasteiger partial charge in [0, 0.05) is 17.5 Å². The Labute approximate surface area is 181 Å². The van der Waals surface area contributed by atoms with Crippen LogP contribution in [0.5, 0.6) is 5.75 Å². The van der Waals surface area contributed by atoms with Crippen LogP contribution in [-0.4, -0.2) is 33.0 Å². The van der Waals surface area contributed by atoms with Gasteiger partial charge in [-0.3, -0.25) is 4.79 Å². The molecule has 0 spiro atoms. The number of benzene rings is 2. The third-order valence-electron chi connectivity index (χ3n) is 5.93. The molecule has 1 N–H and O–H groups in total. The molecule has 0 saturated heterocycles. The lowest BCUT2D eigenvalue weighted by atomic mass is 9.74. The first kappa shape index (κ1) is 22.3. The van der Waals surface area contributed by atoms with Gasteiger partial charge in [-0.1, -0.05) is 26.0 Å². The molecule has 0 amide bonds. The largest absolute Gasteiger partial charge is 0.493 e. The van der Waals surface area contributed by atoms with E-state index in [2.05, 4.69) is 4.98 Å². The first-order chi connectivity index (χ1) is 14.9. The molecule has 5 nitrogen and oxygen atoms in total. The number of alkyl halides is 3. The first-order valence-corrected chi connectivity index (χ1v) is 10.1. The molecular formula is C23H22F4N2O3. The predicted molar refractivity (Wildman–Crippen MR) is 110 cm³/mol. The fraction of sp³-hybridized carbons (Fsp3) is 0.391. The van der Waals surface area contributed by atoms with Crippen LogP contribution in [0, 0.1) is 5.82 Å². The van der Waals surface area contributed by atoms with E-state index in [0.29, 0.717) is 24.3 Å². The number of hydrogen-bond acceptors (Lipinski definition) is 4. The Bertz CT molecular complexity index is 1240. The third kappa shape index (κ3) is 3.85. The summed E-state index contributed by atoms with van der Waals surface area (Å²) in [7, 11) is 0. The summed E-state index contributed by atoms with van der Waals surface area (Å²) in [5, 5.41) is 11.1. The number of nitrogens with zero attached hydrogens (tertiary/aromatic N) is 2. The molecule has 3 aromatic rings. The minimum atomic E-state index is -5.01. The van der Waals surface area contributed by atoms with Crippen molar-refractivity contribution in [2.45, 2.75) is 50.4 Å². The molecule has 170 valence electrons. The topological polar surface area (TPSA) is 64.3 Å². The molecular weight excluding hydrogens is 428 g/mol. The second-order valence-electron chi connectivity index (χ2n) is 8.82. The summed E-state index contributed by atoms with van der Waals surface area (Å²) in [5.41, 5.74) is -3.95. The van der Waals surface area contributed by atoms with E-state index in [0.717, 1.165) is 17.0 Å². The molecule has 32 heavy (non-hydrogen) atoms. The van der Waals surface area contributed by atoms with E-state index in [1.54, 1.807) is 12.1 Å². The van der Waals surface area contributed by atoms with Gasteiger partial charge in [0.15, 0.2) is 5.60 Å². The molecule has 2 heterocycles. The van der Waals surface area contributed by atoms with Crippen molar-refractivity contribution in [1.29, 1.82) is 0 Å². The van der Waals surface area contributed by atoms with Crippen LogP contribution in [0.1, 0.15) is 31.4 Å². The van der Waals surface area contributed by atoms with Crippen LogP contribution >= 0.6 is 0 Å². The van der Waals surface area contributed by atoms with Crippen LogP contribution in [0.25, 0.3) is 10.9 Å². The zero-order valence-corrected chi connectivity index (χ0v) is 17.5. The summed E-state index contributed by atoms with van der Waals surface area (Å²) >= 11 is 0. The van der Waals surface area contributed by atoms with Crippen molar-refractivity contribution in [2.24, 2.45) is 0 Å². The Hall–Kier alpha value is -2.94. The van der Waals surface area contributed by atoms with Gasteiger partial charge in [-0.2, -0.15) is 18.2 Å². The van der Waals surface area contributed by atoms with Crippen LogP contribution in [0.15, 0.2) is 47.5 Å². The van der Waals surface area contributed by atoms with Crippen LogP contribution in [0.2, 0.25) is 0 Å². The highest BCUT2D eigenvalue weighted by atomic mass is 19.4. The summed E-state index contributed by atoms with van der Waals surface area (Å²) in [6, 6.07) is 8.60. The van der Waals surface area contributed by atoms with Crippen molar-refractivity contribution in [1.82, 2.24) is 9.55 Å². The van der Waals surface area contributed by atoms with Crippen molar-refractivity contribution in [3.8, 4) is 5.75 Å². The Balaban J connectivity index is 1.77. The number of rotatable bonds is 5. The number of aromatic nitrogens is 2. The van der Waals surface area contributed by atoms with Crippen LogP contribution in [0.3, 0.4) is 0 Å². The Kier molecular flexibility index (Phi) is 5.27. The van der Waals surface area contributed by atoms with Gasteiger partial charge in [-0.15, -0.1) is 0 Å². The monoisotopic (exact) mass is 450 g/mol. The number of hydrogen-bond donors (Lipinski definition) is 1. The summed E-state index contributed by atoms with van der Waals surface area (Å²) in [6.07, 6.45) is -4.30. The second-order valence-corrected chi connectivity index (χ2v) is 8.82. The molecule has 1 aliphatic heterocycles. The van der Waals surface area contributed by atoms with E-state index in [1.807, 2.05) is 0 Å². The molecule has 2 aromatic carbocycles. The maximum atomic E-state index is 14.2. The highest BCUT2D eigenvalue weighted by molar-refractivity contribution is 5.77. The average molecular weight is 450 g/mol. The quantitative estimate of drug-likeness (QED) is 0.594. The predicted octanol–water partition coefficient (Wildman–Crippen LogP) is 4.13. The van der Waals surface area contributed by atoms with Gasteiger partial charge in [-0.05, 0) is 36.1 Å². The van der Waals surface area contributed by atoms with Gasteiger partial charge in [0.1, 0.15) is 11.6 Å². The Morgan fingerprint density at radius 3 is 2.62 bits per heavy atom. The van der Waals surface area contributed by atoms with Gasteiger partial charge < -0.3 is 14.4 Å². The number of halogens is 4. The van der Waals surface area contributed by atoms with Crippen molar-refractivity contribution in [2.75, 3.05) is 6.61 Å². The minimum Gasteiger partial charge on any atom is -0.493 e. The molecule has 4 rings (SSSR count). The van der Waals surface area contributed by atoms with E-state index < -0.39 is 41.5 Å². The van der Waals surface area contributed by atoms with Crippen molar-refractivity contribution in [3.05, 3.63) is 70.0 Å². The highest BCUT2D eigenvalue weighted by Crippen LogP contribution is 2.46. The normalized spacial score (nSPS) is 16.0. The summed E-state index contributed by atoms with van der Waals surface area (Å²) in [6.45, 7) is 2.47.